The molecule has 0 aromatic rings. The van der Waals surface area contributed by atoms with Crippen molar-refractivity contribution in [3.8, 4) is 0 Å². The number of ether oxygens (including phenoxy) is 1. The number of rotatable bonds is 4. The lowest BCUT2D eigenvalue weighted by Crippen LogP contribution is -2.38. The molecule has 0 radical (unpaired) electrons. The van der Waals surface area contributed by atoms with Crippen molar-refractivity contribution >= 4 is 35.1 Å². The highest BCUT2D eigenvalue weighted by molar-refractivity contribution is 6.53. The third kappa shape index (κ3) is 4.26. The van der Waals surface area contributed by atoms with E-state index >= 15 is 0 Å². The maximum absolute atomic E-state index is 11.9. The minimum Gasteiger partial charge on any atom is -0.455 e. The summed E-state index contributed by atoms with van der Waals surface area (Å²) in [6.45, 7) is 1.40. The molecule has 6 heteroatoms. The first kappa shape index (κ1) is 16.9. The summed E-state index contributed by atoms with van der Waals surface area (Å²) in [5.41, 5.74) is -0.878. The molecule has 0 bridgehead atoms. The van der Waals surface area contributed by atoms with E-state index in [0.717, 1.165) is 25.7 Å². The molecule has 2 saturated carbocycles. The SMILES string of the molecule is CC1(C(=O)OCC(=O)NC2CCCCCCC2)CC1(Cl)Cl. The Hall–Kier alpha value is -0.480. The van der Waals surface area contributed by atoms with Crippen LogP contribution in [0.2, 0.25) is 0 Å². The van der Waals surface area contributed by atoms with Crippen molar-refractivity contribution in [2.45, 2.75) is 68.7 Å². The fourth-order valence-corrected chi connectivity index (χ4v) is 3.47. The first-order valence-corrected chi connectivity index (χ1v) is 8.45. The number of hydrogen-bond acceptors (Lipinski definition) is 3. The van der Waals surface area contributed by atoms with Crippen molar-refractivity contribution in [2.75, 3.05) is 6.61 Å². The summed E-state index contributed by atoms with van der Waals surface area (Å²) >= 11 is 11.8. The number of hydrogen-bond donors (Lipinski definition) is 1. The Labute approximate surface area is 135 Å². The molecule has 0 aliphatic heterocycles. The van der Waals surface area contributed by atoms with Gasteiger partial charge >= 0.3 is 5.97 Å². The molecule has 2 rings (SSSR count). The monoisotopic (exact) mass is 335 g/mol. The number of nitrogens with one attached hydrogen (secondary N) is 1. The minimum atomic E-state index is -1.06. The highest BCUT2D eigenvalue weighted by Crippen LogP contribution is 2.64. The van der Waals surface area contributed by atoms with Gasteiger partial charge in [-0.1, -0.05) is 32.1 Å². The lowest BCUT2D eigenvalue weighted by atomic mass is 9.97. The standard InChI is InChI=1S/C15H23Cl2NO3/c1-14(10-15(14,16)17)13(20)21-9-12(19)18-11-7-5-3-2-4-6-8-11/h11H,2-10H2,1H3,(H,18,19). The smallest absolute Gasteiger partial charge is 0.315 e. The predicted molar refractivity (Wildman–Crippen MR) is 82.4 cm³/mol. The van der Waals surface area contributed by atoms with Gasteiger partial charge in [0.05, 0.1) is 0 Å². The maximum Gasteiger partial charge on any atom is 0.315 e. The molecular formula is C15H23Cl2NO3. The second-order valence-electron chi connectivity index (χ2n) is 6.40. The van der Waals surface area contributed by atoms with Crippen LogP contribution >= 0.6 is 23.2 Å². The van der Waals surface area contributed by atoms with Crippen LogP contribution in [0.4, 0.5) is 0 Å². The van der Waals surface area contributed by atoms with Gasteiger partial charge in [-0.15, -0.1) is 23.2 Å². The van der Waals surface area contributed by atoms with E-state index in [1.165, 1.54) is 19.3 Å². The van der Waals surface area contributed by atoms with Crippen LogP contribution in [0, 0.1) is 5.41 Å². The van der Waals surface area contributed by atoms with Crippen molar-refractivity contribution in [2.24, 2.45) is 5.41 Å². The number of esters is 1. The van der Waals surface area contributed by atoms with E-state index in [-0.39, 0.29) is 18.6 Å². The van der Waals surface area contributed by atoms with Crippen LogP contribution < -0.4 is 5.32 Å². The van der Waals surface area contributed by atoms with Gasteiger partial charge in [0, 0.05) is 12.5 Å². The summed E-state index contributed by atoms with van der Waals surface area (Å²) in [6, 6.07) is 0.202. The number of carbonyl (C=O) groups excluding carboxylic acids is 2. The van der Waals surface area contributed by atoms with Crippen LogP contribution in [-0.4, -0.2) is 28.9 Å². The average molecular weight is 336 g/mol. The second-order valence-corrected chi connectivity index (χ2v) is 7.88. The van der Waals surface area contributed by atoms with E-state index in [1.54, 1.807) is 6.92 Å². The molecule has 1 N–H and O–H groups in total. The molecule has 0 spiro atoms. The molecular weight excluding hydrogens is 313 g/mol. The van der Waals surface area contributed by atoms with Crippen LogP contribution in [-0.2, 0) is 14.3 Å². The molecule has 120 valence electrons. The van der Waals surface area contributed by atoms with E-state index in [0.29, 0.717) is 6.42 Å². The van der Waals surface area contributed by atoms with Gasteiger partial charge in [0.15, 0.2) is 6.61 Å². The van der Waals surface area contributed by atoms with E-state index < -0.39 is 15.7 Å². The van der Waals surface area contributed by atoms with E-state index in [1.807, 2.05) is 0 Å². The number of amides is 1. The van der Waals surface area contributed by atoms with Crippen molar-refractivity contribution in [1.29, 1.82) is 0 Å². The van der Waals surface area contributed by atoms with Gasteiger partial charge in [-0.3, -0.25) is 9.59 Å². The van der Waals surface area contributed by atoms with Crippen molar-refractivity contribution in [1.82, 2.24) is 5.32 Å². The lowest BCUT2D eigenvalue weighted by Gasteiger charge is -2.21. The first-order valence-electron chi connectivity index (χ1n) is 7.69. The summed E-state index contributed by atoms with van der Waals surface area (Å²) in [4.78, 5) is 23.7. The van der Waals surface area contributed by atoms with Gasteiger partial charge in [0.2, 0.25) is 0 Å². The Morgan fingerprint density at radius 1 is 1.14 bits per heavy atom. The number of halogens is 2. The topological polar surface area (TPSA) is 55.4 Å². The van der Waals surface area contributed by atoms with Crippen LogP contribution in [0.3, 0.4) is 0 Å². The van der Waals surface area contributed by atoms with E-state index in [9.17, 15) is 9.59 Å². The van der Waals surface area contributed by atoms with E-state index in [2.05, 4.69) is 5.32 Å². The number of carbonyl (C=O) groups is 2. The van der Waals surface area contributed by atoms with Crippen LogP contribution in [0.1, 0.15) is 58.3 Å². The lowest BCUT2D eigenvalue weighted by molar-refractivity contribution is -0.153. The van der Waals surface area contributed by atoms with E-state index in [4.69, 9.17) is 27.9 Å². The van der Waals surface area contributed by atoms with Gasteiger partial charge in [0.1, 0.15) is 9.75 Å². The first-order chi connectivity index (χ1) is 9.85. The van der Waals surface area contributed by atoms with Gasteiger partial charge in [-0.25, -0.2) is 0 Å². The summed E-state index contributed by atoms with van der Waals surface area (Å²) in [6.07, 6.45) is 8.41. The third-order valence-electron chi connectivity index (χ3n) is 4.51. The van der Waals surface area contributed by atoms with Crippen molar-refractivity contribution < 1.29 is 14.3 Å². The van der Waals surface area contributed by atoms with Crippen LogP contribution in [0.15, 0.2) is 0 Å². The molecule has 2 aliphatic carbocycles. The summed E-state index contributed by atoms with van der Waals surface area (Å²) in [7, 11) is 0. The molecule has 0 heterocycles. The van der Waals surface area contributed by atoms with Gasteiger partial charge < -0.3 is 10.1 Å². The molecule has 1 unspecified atom stereocenters. The summed E-state index contributed by atoms with van der Waals surface area (Å²) in [5.74, 6) is -0.742. The van der Waals surface area contributed by atoms with Gasteiger partial charge in [-0.05, 0) is 19.8 Å². The van der Waals surface area contributed by atoms with Crippen molar-refractivity contribution in [3.05, 3.63) is 0 Å². The zero-order valence-corrected chi connectivity index (χ0v) is 13.9. The van der Waals surface area contributed by atoms with Gasteiger partial charge in [0.25, 0.3) is 5.91 Å². The molecule has 0 aromatic heterocycles. The summed E-state index contributed by atoms with van der Waals surface area (Å²) in [5, 5.41) is 2.95. The molecule has 21 heavy (non-hydrogen) atoms. The highest BCUT2D eigenvalue weighted by atomic mass is 35.5. The zero-order valence-electron chi connectivity index (χ0n) is 12.4. The Balaban J connectivity index is 1.71. The second kappa shape index (κ2) is 6.74. The molecule has 2 aliphatic rings. The predicted octanol–water partition coefficient (Wildman–Crippen LogP) is 3.34. The molecule has 0 saturated heterocycles. The molecule has 0 aromatic carbocycles. The van der Waals surface area contributed by atoms with Crippen molar-refractivity contribution in [3.63, 3.8) is 0 Å². The molecule has 2 fully saturated rings. The van der Waals surface area contributed by atoms with Crippen LogP contribution in [0.25, 0.3) is 0 Å². The fourth-order valence-electron chi connectivity index (χ4n) is 2.78. The quantitative estimate of drug-likeness (QED) is 0.633. The number of alkyl halides is 2. The Kier molecular flexibility index (Phi) is 5.42. The third-order valence-corrected chi connectivity index (χ3v) is 5.61. The molecule has 1 amide bonds. The summed E-state index contributed by atoms with van der Waals surface area (Å²) < 4.78 is 3.99. The van der Waals surface area contributed by atoms with Gasteiger partial charge in [-0.2, -0.15) is 0 Å². The zero-order chi connectivity index (χ0) is 15.5. The average Bonchev–Trinajstić information content (AvgIpc) is 2.90. The Morgan fingerprint density at radius 3 is 2.19 bits per heavy atom. The Bertz CT molecular complexity index is 406. The normalized spacial score (nSPS) is 29.1. The molecule has 4 nitrogen and oxygen atoms in total. The fraction of sp³-hybridized carbons (Fsp3) is 0.867. The Morgan fingerprint density at radius 2 is 1.67 bits per heavy atom. The largest absolute Gasteiger partial charge is 0.455 e. The maximum atomic E-state index is 11.9. The van der Waals surface area contributed by atoms with Crippen LogP contribution in [0.5, 0.6) is 0 Å². The minimum absolute atomic E-state index is 0.202. The molecule has 1 atom stereocenters. The highest BCUT2D eigenvalue weighted by Gasteiger charge is 2.69.